The van der Waals surface area contributed by atoms with Crippen LogP contribution in [0, 0.1) is 13.8 Å². The number of sulfonamides is 1. The molecule has 10 heteroatoms. The van der Waals surface area contributed by atoms with Crippen LogP contribution >= 0.6 is 11.3 Å². The lowest BCUT2D eigenvalue weighted by molar-refractivity contribution is 0.0376. The quantitative estimate of drug-likeness (QED) is 0.267. The van der Waals surface area contributed by atoms with E-state index < -0.39 is 10.0 Å². The highest BCUT2D eigenvalue weighted by atomic mass is 32.2. The zero-order chi connectivity index (χ0) is 29.3. The van der Waals surface area contributed by atoms with Crippen molar-refractivity contribution in [2.45, 2.75) is 38.0 Å². The molecule has 1 aromatic heterocycles. The summed E-state index contributed by atoms with van der Waals surface area (Å²) >= 11 is 1.53. The topological polar surface area (TPSA) is 83.0 Å². The van der Waals surface area contributed by atoms with Gasteiger partial charge in [-0.1, -0.05) is 35.6 Å². The summed E-state index contributed by atoms with van der Waals surface area (Å²) in [7, 11) is -3.76. The molecule has 0 spiro atoms. The fraction of sp³-hybridized carbons (Fsp3) is 0.375. The molecule has 0 aliphatic carbocycles. The number of aromatic nitrogens is 1. The van der Waals surface area contributed by atoms with Crippen LogP contribution in [0.2, 0.25) is 0 Å². The Bertz CT molecular complexity index is 1700. The fourth-order valence-corrected chi connectivity index (χ4v) is 8.42. The van der Waals surface area contributed by atoms with Crippen LogP contribution in [0.1, 0.15) is 39.9 Å². The minimum atomic E-state index is -3.76. The average Bonchev–Trinajstić information content (AvgIpc) is 3.43. The van der Waals surface area contributed by atoms with Crippen LogP contribution in [-0.4, -0.2) is 70.1 Å². The number of para-hydroxylation sites is 1. The molecule has 6 rings (SSSR count). The first-order valence-electron chi connectivity index (χ1n) is 14.5. The minimum Gasteiger partial charge on any atom is -0.379 e. The first-order valence-corrected chi connectivity index (χ1v) is 16.8. The van der Waals surface area contributed by atoms with Gasteiger partial charge in [0.15, 0.2) is 5.13 Å². The maximum atomic E-state index is 14.0. The molecule has 220 valence electrons. The summed E-state index contributed by atoms with van der Waals surface area (Å²) in [5, 5.41) is 0.660. The number of aryl methyl sites for hydroxylation is 3. The number of fused-ring (bicyclic) bond motifs is 2. The van der Waals surface area contributed by atoms with Crippen molar-refractivity contribution < 1.29 is 17.9 Å². The van der Waals surface area contributed by atoms with Crippen molar-refractivity contribution in [2.75, 3.05) is 55.1 Å². The Hall–Kier alpha value is -3.31. The Morgan fingerprint density at radius 2 is 1.79 bits per heavy atom. The predicted octanol–water partition coefficient (Wildman–Crippen LogP) is 5.42. The molecule has 2 aliphatic rings. The summed E-state index contributed by atoms with van der Waals surface area (Å²) in [6.07, 6.45) is 2.43. The van der Waals surface area contributed by atoms with E-state index in [1.807, 2.05) is 24.3 Å². The summed E-state index contributed by atoms with van der Waals surface area (Å²) in [6, 6.07) is 18.2. The number of morpholine rings is 1. The third-order valence-electron chi connectivity index (χ3n) is 8.00. The lowest BCUT2D eigenvalue weighted by Gasteiger charge is -2.30. The van der Waals surface area contributed by atoms with Gasteiger partial charge in [0, 0.05) is 38.3 Å². The molecule has 0 N–H and O–H groups in total. The number of carbonyl (C=O) groups excluding carboxylic acids is 1. The summed E-state index contributed by atoms with van der Waals surface area (Å²) in [4.78, 5) is 23.1. The number of carbonyl (C=O) groups is 1. The van der Waals surface area contributed by atoms with Gasteiger partial charge in [-0.2, -0.15) is 0 Å². The van der Waals surface area contributed by atoms with E-state index in [0.717, 1.165) is 84.7 Å². The van der Waals surface area contributed by atoms with Crippen LogP contribution in [0.4, 0.5) is 10.8 Å². The number of amides is 1. The number of benzene rings is 3. The number of ether oxygens (including phenoxy) is 1. The maximum absolute atomic E-state index is 14.0. The summed E-state index contributed by atoms with van der Waals surface area (Å²) < 4.78 is 35.3. The van der Waals surface area contributed by atoms with Crippen molar-refractivity contribution in [2.24, 2.45) is 0 Å². The second kappa shape index (κ2) is 12.1. The number of anilines is 2. The summed E-state index contributed by atoms with van der Waals surface area (Å²) in [6.45, 7) is 9.19. The van der Waals surface area contributed by atoms with Gasteiger partial charge in [-0.25, -0.2) is 13.4 Å². The summed E-state index contributed by atoms with van der Waals surface area (Å²) in [5.41, 5.74) is 5.37. The van der Waals surface area contributed by atoms with E-state index in [9.17, 15) is 13.2 Å². The van der Waals surface area contributed by atoms with E-state index in [1.54, 1.807) is 29.2 Å². The molecule has 3 heterocycles. The van der Waals surface area contributed by atoms with Crippen molar-refractivity contribution in [3.63, 3.8) is 0 Å². The molecule has 1 saturated heterocycles. The van der Waals surface area contributed by atoms with Crippen LogP contribution < -0.4 is 9.21 Å². The van der Waals surface area contributed by atoms with Crippen molar-refractivity contribution in [3.05, 3.63) is 82.9 Å². The normalized spacial score (nSPS) is 16.0. The zero-order valence-corrected chi connectivity index (χ0v) is 25.7. The number of hydrogen-bond acceptors (Lipinski definition) is 7. The van der Waals surface area contributed by atoms with Gasteiger partial charge in [-0.15, -0.1) is 0 Å². The van der Waals surface area contributed by atoms with E-state index in [0.29, 0.717) is 23.8 Å². The number of rotatable bonds is 8. The second-order valence-electron chi connectivity index (χ2n) is 11.0. The Kier molecular flexibility index (Phi) is 8.31. The van der Waals surface area contributed by atoms with E-state index >= 15 is 0 Å². The van der Waals surface area contributed by atoms with Gasteiger partial charge in [0.25, 0.3) is 15.9 Å². The molecule has 0 bridgehead atoms. The van der Waals surface area contributed by atoms with Gasteiger partial charge in [0.1, 0.15) is 0 Å². The third-order valence-corrected chi connectivity index (χ3v) is 11.1. The van der Waals surface area contributed by atoms with Crippen molar-refractivity contribution in [3.8, 4) is 0 Å². The predicted molar refractivity (Wildman–Crippen MR) is 168 cm³/mol. The molecular formula is C32H36N4O4S2. The van der Waals surface area contributed by atoms with Gasteiger partial charge in [-0.05, 0) is 86.2 Å². The summed E-state index contributed by atoms with van der Waals surface area (Å²) in [5.74, 6) is -0.183. The Morgan fingerprint density at radius 1 is 1.02 bits per heavy atom. The number of thiazole rings is 1. The monoisotopic (exact) mass is 604 g/mol. The molecule has 0 unspecified atom stereocenters. The van der Waals surface area contributed by atoms with Gasteiger partial charge in [0.2, 0.25) is 0 Å². The molecule has 3 aromatic carbocycles. The highest BCUT2D eigenvalue weighted by Gasteiger charge is 2.29. The van der Waals surface area contributed by atoms with E-state index in [2.05, 4.69) is 30.9 Å². The van der Waals surface area contributed by atoms with Gasteiger partial charge >= 0.3 is 0 Å². The standard InChI is InChI=1S/C32H36N4O4S2/c1-23-21-24(2)30-28(22-23)33-32(41-30)35(15-6-14-34-17-19-40-20-18-34)31(37)26-10-12-27(13-11-26)42(38,39)36-16-5-8-25-7-3-4-9-29(25)36/h3-4,7,9-13,21-22H,5-6,8,14-20H2,1-2H3. The lowest BCUT2D eigenvalue weighted by atomic mass is 10.0. The van der Waals surface area contributed by atoms with Crippen LogP contribution in [0.25, 0.3) is 10.2 Å². The van der Waals surface area contributed by atoms with E-state index in [-0.39, 0.29) is 10.8 Å². The van der Waals surface area contributed by atoms with E-state index in [1.165, 1.54) is 15.6 Å². The van der Waals surface area contributed by atoms with E-state index in [4.69, 9.17) is 9.72 Å². The Morgan fingerprint density at radius 3 is 2.57 bits per heavy atom. The van der Waals surface area contributed by atoms with Crippen molar-refractivity contribution >= 4 is 48.3 Å². The second-order valence-corrected chi connectivity index (χ2v) is 13.9. The molecule has 0 radical (unpaired) electrons. The van der Waals surface area contributed by atoms with Gasteiger partial charge < -0.3 is 4.74 Å². The number of nitrogens with zero attached hydrogens (tertiary/aromatic N) is 4. The molecule has 8 nitrogen and oxygen atoms in total. The molecule has 42 heavy (non-hydrogen) atoms. The molecular weight excluding hydrogens is 569 g/mol. The minimum absolute atomic E-state index is 0.181. The maximum Gasteiger partial charge on any atom is 0.264 e. The molecule has 1 fully saturated rings. The SMILES string of the molecule is Cc1cc(C)c2sc(N(CCCN3CCOCC3)C(=O)c3ccc(S(=O)(=O)N4CCCc5ccccc54)cc3)nc2c1. The molecule has 0 saturated carbocycles. The zero-order valence-electron chi connectivity index (χ0n) is 24.1. The highest BCUT2D eigenvalue weighted by molar-refractivity contribution is 7.92. The van der Waals surface area contributed by atoms with Crippen LogP contribution in [-0.2, 0) is 21.2 Å². The van der Waals surface area contributed by atoms with Crippen molar-refractivity contribution in [1.29, 1.82) is 0 Å². The molecule has 4 aromatic rings. The Balaban J connectivity index is 1.26. The van der Waals surface area contributed by atoms with Crippen LogP contribution in [0.5, 0.6) is 0 Å². The first kappa shape index (κ1) is 28.8. The molecule has 1 amide bonds. The first-order chi connectivity index (χ1) is 20.3. The molecule has 0 atom stereocenters. The van der Waals surface area contributed by atoms with Gasteiger partial charge in [-0.3, -0.25) is 18.9 Å². The highest BCUT2D eigenvalue weighted by Crippen LogP contribution is 2.34. The lowest BCUT2D eigenvalue weighted by Crippen LogP contribution is -2.39. The van der Waals surface area contributed by atoms with Gasteiger partial charge in [0.05, 0.1) is 34.0 Å². The van der Waals surface area contributed by atoms with Crippen LogP contribution in [0.3, 0.4) is 0 Å². The Labute approximate surface area is 251 Å². The third kappa shape index (κ3) is 5.81. The molecule has 2 aliphatic heterocycles. The van der Waals surface area contributed by atoms with Crippen molar-refractivity contribution in [1.82, 2.24) is 9.88 Å². The fourth-order valence-electron chi connectivity index (χ4n) is 5.84. The number of hydrogen-bond donors (Lipinski definition) is 0. The average molecular weight is 605 g/mol. The smallest absolute Gasteiger partial charge is 0.264 e. The largest absolute Gasteiger partial charge is 0.379 e. The van der Waals surface area contributed by atoms with Crippen LogP contribution in [0.15, 0.2) is 65.6 Å².